The minimum Gasteiger partial charge on any atom is -0.361 e. The van der Waals surface area contributed by atoms with E-state index in [1.165, 1.54) is 6.42 Å². The number of nitrogens with one attached hydrogen (secondary N) is 2. The molecule has 1 aromatic heterocycles. The van der Waals surface area contributed by atoms with Crippen molar-refractivity contribution in [2.45, 2.75) is 19.3 Å². The second kappa shape index (κ2) is 8.23. The normalized spacial score (nSPS) is 14.0. The number of aromatic nitrogens is 2. The predicted molar refractivity (Wildman–Crippen MR) is 107 cm³/mol. The lowest BCUT2D eigenvalue weighted by molar-refractivity contribution is 0.262. The summed E-state index contributed by atoms with van der Waals surface area (Å²) in [5, 5.41) is 6.02. The summed E-state index contributed by atoms with van der Waals surface area (Å²) in [5.41, 5.74) is 1.09. The molecule has 138 valence electrons. The minimum absolute atomic E-state index is 0.393. The van der Waals surface area contributed by atoms with Crippen LogP contribution in [0, 0.1) is 0 Å². The van der Waals surface area contributed by atoms with Gasteiger partial charge >= 0.3 is 6.03 Å². The van der Waals surface area contributed by atoms with E-state index in [-0.39, 0.29) is 0 Å². The van der Waals surface area contributed by atoms with Gasteiger partial charge in [0, 0.05) is 27.2 Å². The van der Waals surface area contributed by atoms with Crippen LogP contribution in [-0.2, 0) is 0 Å². The number of hydrogen-bond donors (Lipinski definition) is 2. The highest BCUT2D eigenvalue weighted by Crippen LogP contribution is 2.26. The van der Waals surface area contributed by atoms with E-state index in [1.54, 1.807) is 18.3 Å². The SMILES string of the molecule is CN(C)c1nc(N2CCCCC2)ncc1NC(=O)Nc1ccccc1Cl. The van der Waals surface area contributed by atoms with E-state index in [2.05, 4.69) is 25.5 Å². The molecule has 2 aromatic rings. The summed E-state index contributed by atoms with van der Waals surface area (Å²) in [5.74, 6) is 1.36. The van der Waals surface area contributed by atoms with Crippen LogP contribution in [0.5, 0.6) is 0 Å². The molecular weight excluding hydrogens is 352 g/mol. The van der Waals surface area contributed by atoms with Crippen molar-refractivity contribution >= 4 is 40.8 Å². The molecule has 2 N–H and O–H groups in total. The Morgan fingerprint density at radius 3 is 2.50 bits per heavy atom. The Balaban J connectivity index is 1.76. The molecule has 8 heteroatoms. The fourth-order valence-electron chi connectivity index (χ4n) is 2.88. The molecule has 1 aliphatic heterocycles. The number of carbonyl (C=O) groups is 1. The lowest BCUT2D eigenvalue weighted by atomic mass is 10.1. The van der Waals surface area contributed by atoms with Crippen LogP contribution in [0.4, 0.5) is 27.9 Å². The summed E-state index contributed by atoms with van der Waals surface area (Å²) in [4.78, 5) is 25.5. The molecule has 7 nitrogen and oxygen atoms in total. The molecule has 2 heterocycles. The average Bonchev–Trinajstić information content (AvgIpc) is 2.64. The van der Waals surface area contributed by atoms with Crippen molar-refractivity contribution in [1.82, 2.24) is 9.97 Å². The van der Waals surface area contributed by atoms with Crippen molar-refractivity contribution in [1.29, 1.82) is 0 Å². The molecule has 0 atom stereocenters. The summed E-state index contributed by atoms with van der Waals surface area (Å²) < 4.78 is 0. The third kappa shape index (κ3) is 4.35. The number of amides is 2. The van der Waals surface area contributed by atoms with Gasteiger partial charge in [0.25, 0.3) is 0 Å². The molecule has 26 heavy (non-hydrogen) atoms. The first-order chi connectivity index (χ1) is 12.5. The van der Waals surface area contributed by atoms with Gasteiger partial charge in [0.15, 0.2) is 5.82 Å². The Morgan fingerprint density at radius 1 is 1.12 bits per heavy atom. The van der Waals surface area contributed by atoms with Crippen molar-refractivity contribution in [3.63, 3.8) is 0 Å². The molecule has 1 aromatic carbocycles. The second-order valence-electron chi connectivity index (χ2n) is 6.41. The van der Waals surface area contributed by atoms with Gasteiger partial charge in [-0.25, -0.2) is 9.78 Å². The number of para-hydroxylation sites is 1. The van der Waals surface area contributed by atoms with E-state index < -0.39 is 6.03 Å². The predicted octanol–water partition coefficient (Wildman–Crippen LogP) is 3.83. The molecule has 0 bridgehead atoms. The lowest BCUT2D eigenvalue weighted by Crippen LogP contribution is -2.31. The van der Waals surface area contributed by atoms with Gasteiger partial charge in [-0.05, 0) is 31.4 Å². The van der Waals surface area contributed by atoms with Gasteiger partial charge < -0.3 is 20.4 Å². The first-order valence-corrected chi connectivity index (χ1v) is 9.04. The summed E-state index contributed by atoms with van der Waals surface area (Å²) >= 11 is 6.08. The Bertz CT molecular complexity index is 776. The zero-order valence-electron chi connectivity index (χ0n) is 15.0. The molecule has 0 radical (unpaired) electrons. The molecule has 1 fully saturated rings. The van der Waals surface area contributed by atoms with E-state index in [4.69, 9.17) is 11.6 Å². The maximum Gasteiger partial charge on any atom is 0.323 e. The third-order valence-electron chi connectivity index (χ3n) is 4.19. The fourth-order valence-corrected chi connectivity index (χ4v) is 3.06. The molecule has 2 amide bonds. The zero-order chi connectivity index (χ0) is 18.5. The largest absolute Gasteiger partial charge is 0.361 e. The standard InChI is InChI=1S/C18H23ClN6O/c1-24(2)16-15(12-20-17(23-16)25-10-6-3-7-11-25)22-18(26)21-14-9-5-4-8-13(14)19/h4-5,8-9,12H,3,6-7,10-11H2,1-2H3,(H2,21,22,26). The molecule has 0 unspecified atom stereocenters. The number of rotatable bonds is 4. The molecule has 0 aliphatic carbocycles. The summed E-state index contributed by atoms with van der Waals surface area (Å²) in [7, 11) is 3.78. The number of urea groups is 1. The highest BCUT2D eigenvalue weighted by atomic mass is 35.5. The number of piperidine rings is 1. The smallest absolute Gasteiger partial charge is 0.323 e. The van der Waals surface area contributed by atoms with Crippen molar-refractivity contribution in [2.75, 3.05) is 47.6 Å². The molecule has 1 saturated heterocycles. The van der Waals surface area contributed by atoms with Gasteiger partial charge in [-0.3, -0.25) is 0 Å². The maximum atomic E-state index is 12.3. The quantitative estimate of drug-likeness (QED) is 0.850. The lowest BCUT2D eigenvalue weighted by Gasteiger charge is -2.28. The van der Waals surface area contributed by atoms with Gasteiger partial charge in [-0.1, -0.05) is 23.7 Å². The van der Waals surface area contributed by atoms with Gasteiger partial charge in [0.05, 0.1) is 16.9 Å². The molecule has 1 aliphatic rings. The Labute approximate surface area is 158 Å². The number of nitrogens with zero attached hydrogens (tertiary/aromatic N) is 4. The van der Waals surface area contributed by atoms with E-state index in [0.29, 0.717) is 28.2 Å². The molecule has 3 rings (SSSR count). The number of benzene rings is 1. The molecule has 0 saturated carbocycles. The topological polar surface area (TPSA) is 73.4 Å². The van der Waals surface area contributed by atoms with Crippen LogP contribution >= 0.6 is 11.6 Å². The molecule has 0 spiro atoms. The van der Waals surface area contributed by atoms with Crippen LogP contribution < -0.4 is 20.4 Å². The van der Waals surface area contributed by atoms with Crippen molar-refractivity contribution in [3.05, 3.63) is 35.5 Å². The van der Waals surface area contributed by atoms with Gasteiger partial charge in [0.1, 0.15) is 5.69 Å². The van der Waals surface area contributed by atoms with Crippen molar-refractivity contribution < 1.29 is 4.79 Å². The van der Waals surface area contributed by atoms with Crippen LogP contribution in [0.1, 0.15) is 19.3 Å². The summed E-state index contributed by atoms with van der Waals surface area (Å²) in [6.45, 7) is 1.93. The van der Waals surface area contributed by atoms with Crippen molar-refractivity contribution in [3.8, 4) is 0 Å². The van der Waals surface area contributed by atoms with E-state index in [9.17, 15) is 4.79 Å². The van der Waals surface area contributed by atoms with Gasteiger partial charge in [-0.15, -0.1) is 0 Å². The highest BCUT2D eigenvalue weighted by Gasteiger charge is 2.18. The minimum atomic E-state index is -0.393. The number of anilines is 4. The fraction of sp³-hybridized carbons (Fsp3) is 0.389. The maximum absolute atomic E-state index is 12.3. The van der Waals surface area contributed by atoms with E-state index >= 15 is 0 Å². The van der Waals surface area contributed by atoms with E-state index in [0.717, 1.165) is 25.9 Å². The van der Waals surface area contributed by atoms with Crippen LogP contribution in [-0.4, -0.2) is 43.2 Å². The van der Waals surface area contributed by atoms with Crippen LogP contribution in [0.25, 0.3) is 0 Å². The van der Waals surface area contributed by atoms with Crippen LogP contribution in [0.3, 0.4) is 0 Å². The van der Waals surface area contributed by atoms with E-state index in [1.807, 2.05) is 31.1 Å². The Morgan fingerprint density at radius 2 is 1.81 bits per heavy atom. The number of carbonyl (C=O) groups excluding carboxylic acids is 1. The Hall–Kier alpha value is -2.54. The summed E-state index contributed by atoms with van der Waals surface area (Å²) in [6.07, 6.45) is 5.21. The van der Waals surface area contributed by atoms with Gasteiger partial charge in [-0.2, -0.15) is 4.98 Å². The van der Waals surface area contributed by atoms with Crippen LogP contribution in [0.15, 0.2) is 30.5 Å². The number of halogens is 1. The zero-order valence-corrected chi connectivity index (χ0v) is 15.8. The third-order valence-corrected chi connectivity index (χ3v) is 4.52. The number of hydrogen-bond acceptors (Lipinski definition) is 5. The first-order valence-electron chi connectivity index (χ1n) is 8.66. The van der Waals surface area contributed by atoms with Crippen LogP contribution in [0.2, 0.25) is 5.02 Å². The highest BCUT2D eigenvalue weighted by molar-refractivity contribution is 6.33. The van der Waals surface area contributed by atoms with Crippen molar-refractivity contribution in [2.24, 2.45) is 0 Å². The Kier molecular flexibility index (Phi) is 5.78. The summed E-state index contributed by atoms with van der Waals surface area (Å²) in [6, 6.07) is 6.69. The first kappa shape index (κ1) is 18.3. The second-order valence-corrected chi connectivity index (χ2v) is 6.82. The molecular formula is C18H23ClN6O. The van der Waals surface area contributed by atoms with Gasteiger partial charge in [0.2, 0.25) is 5.95 Å². The monoisotopic (exact) mass is 374 g/mol. The average molecular weight is 375 g/mol.